The first-order valence-corrected chi connectivity index (χ1v) is 5.10. The molecule has 0 aliphatic rings. The van der Waals surface area contributed by atoms with Crippen LogP contribution in [0.5, 0.6) is 0 Å². The smallest absolute Gasteiger partial charge is 0.316 e. The largest absolute Gasteiger partial charge is 0.469 e. The summed E-state index contributed by atoms with van der Waals surface area (Å²) in [5.74, 6) is -0.174. The molecule has 0 aromatic heterocycles. The van der Waals surface area contributed by atoms with E-state index in [4.69, 9.17) is 0 Å². The van der Waals surface area contributed by atoms with Crippen LogP contribution in [0.25, 0.3) is 0 Å². The van der Waals surface area contributed by atoms with Crippen molar-refractivity contribution in [2.75, 3.05) is 27.7 Å². The number of nitrogens with zero attached hydrogens (tertiary/aromatic N) is 1. The van der Waals surface area contributed by atoms with Crippen molar-refractivity contribution in [3.05, 3.63) is 0 Å². The highest BCUT2D eigenvalue weighted by atomic mass is 16.5. The summed E-state index contributed by atoms with van der Waals surface area (Å²) in [7, 11) is 4.79. The number of unbranched alkanes of at least 4 members (excludes halogenated alkanes) is 2. The molecular weight excluding hydrogens is 196 g/mol. The number of urea groups is 1. The van der Waals surface area contributed by atoms with Crippen LogP contribution < -0.4 is 5.32 Å². The van der Waals surface area contributed by atoms with Crippen LogP contribution in [0.15, 0.2) is 0 Å². The molecule has 0 aromatic carbocycles. The summed E-state index contributed by atoms with van der Waals surface area (Å²) in [4.78, 5) is 23.3. The van der Waals surface area contributed by atoms with Crippen LogP contribution in [-0.4, -0.2) is 44.7 Å². The van der Waals surface area contributed by atoms with E-state index in [1.54, 1.807) is 14.1 Å². The molecule has 0 atom stereocenters. The molecule has 0 aliphatic heterocycles. The molecule has 0 bridgehead atoms. The number of esters is 1. The molecule has 0 fully saturated rings. The minimum atomic E-state index is -0.174. The van der Waals surface area contributed by atoms with Gasteiger partial charge in [0.15, 0.2) is 0 Å². The number of nitrogens with one attached hydrogen (secondary N) is 1. The fourth-order valence-electron chi connectivity index (χ4n) is 1.03. The van der Waals surface area contributed by atoms with E-state index in [-0.39, 0.29) is 12.0 Å². The molecule has 0 aliphatic carbocycles. The van der Waals surface area contributed by atoms with Crippen molar-refractivity contribution in [3.63, 3.8) is 0 Å². The summed E-state index contributed by atoms with van der Waals surface area (Å²) in [6.07, 6.45) is 3.07. The van der Waals surface area contributed by atoms with Crippen molar-refractivity contribution >= 4 is 12.0 Å². The van der Waals surface area contributed by atoms with Crippen molar-refractivity contribution in [2.24, 2.45) is 0 Å². The standard InChI is InChI=1S/C10H20N2O3/c1-12(2)10(14)11-8-6-4-5-7-9(13)15-3/h4-8H2,1-3H3,(H,11,14). The van der Waals surface area contributed by atoms with E-state index in [1.807, 2.05) is 0 Å². The fourth-order valence-corrected chi connectivity index (χ4v) is 1.03. The van der Waals surface area contributed by atoms with Crippen LogP contribution >= 0.6 is 0 Å². The first-order chi connectivity index (χ1) is 7.07. The highest BCUT2D eigenvalue weighted by Gasteiger charge is 2.02. The maximum atomic E-state index is 11.1. The quantitative estimate of drug-likeness (QED) is 0.532. The molecule has 0 unspecified atom stereocenters. The van der Waals surface area contributed by atoms with Crippen LogP contribution in [0.1, 0.15) is 25.7 Å². The van der Waals surface area contributed by atoms with Crippen LogP contribution in [0.3, 0.4) is 0 Å². The van der Waals surface area contributed by atoms with E-state index >= 15 is 0 Å². The van der Waals surface area contributed by atoms with E-state index in [0.29, 0.717) is 13.0 Å². The third kappa shape index (κ3) is 7.78. The molecule has 2 amide bonds. The summed E-state index contributed by atoms with van der Waals surface area (Å²) < 4.78 is 4.51. The Morgan fingerprint density at radius 1 is 1.20 bits per heavy atom. The second-order valence-electron chi connectivity index (χ2n) is 3.51. The van der Waals surface area contributed by atoms with Crippen molar-refractivity contribution in [3.8, 4) is 0 Å². The number of hydrogen-bond donors (Lipinski definition) is 1. The van der Waals surface area contributed by atoms with Gasteiger partial charge in [-0.1, -0.05) is 6.42 Å². The second kappa shape index (κ2) is 8.08. The van der Waals surface area contributed by atoms with E-state index < -0.39 is 0 Å². The fraction of sp³-hybridized carbons (Fsp3) is 0.800. The molecule has 0 heterocycles. The Hall–Kier alpha value is -1.26. The molecule has 0 spiro atoms. The molecule has 88 valence electrons. The predicted octanol–water partition coefficient (Wildman–Crippen LogP) is 0.991. The minimum absolute atomic E-state index is 0.0806. The highest BCUT2D eigenvalue weighted by Crippen LogP contribution is 1.99. The molecule has 5 heteroatoms. The Morgan fingerprint density at radius 2 is 1.87 bits per heavy atom. The van der Waals surface area contributed by atoms with E-state index in [0.717, 1.165) is 19.3 Å². The zero-order chi connectivity index (χ0) is 11.7. The summed E-state index contributed by atoms with van der Waals surface area (Å²) in [5, 5.41) is 2.76. The van der Waals surface area contributed by atoms with Gasteiger partial charge < -0.3 is 15.0 Å². The van der Waals surface area contributed by atoms with E-state index in [9.17, 15) is 9.59 Å². The van der Waals surface area contributed by atoms with Gasteiger partial charge in [0.25, 0.3) is 0 Å². The lowest BCUT2D eigenvalue weighted by Gasteiger charge is -2.11. The molecular formula is C10H20N2O3. The number of ether oxygens (including phenoxy) is 1. The highest BCUT2D eigenvalue weighted by molar-refractivity contribution is 5.73. The Kier molecular flexibility index (Phi) is 7.40. The van der Waals surface area contributed by atoms with Gasteiger partial charge in [-0.25, -0.2) is 4.79 Å². The molecule has 0 rings (SSSR count). The summed E-state index contributed by atoms with van der Waals surface area (Å²) in [5.41, 5.74) is 0. The number of hydrogen-bond acceptors (Lipinski definition) is 3. The Labute approximate surface area is 90.8 Å². The normalized spacial score (nSPS) is 9.53. The maximum absolute atomic E-state index is 11.1. The van der Waals surface area contributed by atoms with Gasteiger partial charge in [0.1, 0.15) is 0 Å². The molecule has 0 saturated carbocycles. The Balaban J connectivity index is 3.25. The van der Waals surface area contributed by atoms with Gasteiger partial charge in [0, 0.05) is 27.1 Å². The molecule has 1 N–H and O–H groups in total. The van der Waals surface area contributed by atoms with Crippen LogP contribution in [0.2, 0.25) is 0 Å². The number of carbonyl (C=O) groups is 2. The predicted molar refractivity (Wildman–Crippen MR) is 57.6 cm³/mol. The van der Waals surface area contributed by atoms with Crippen molar-refractivity contribution < 1.29 is 14.3 Å². The van der Waals surface area contributed by atoms with Crippen molar-refractivity contribution in [1.82, 2.24) is 10.2 Å². The van der Waals surface area contributed by atoms with Crippen LogP contribution in [-0.2, 0) is 9.53 Å². The summed E-state index contributed by atoms with van der Waals surface area (Å²) >= 11 is 0. The monoisotopic (exact) mass is 216 g/mol. The maximum Gasteiger partial charge on any atom is 0.316 e. The van der Waals surface area contributed by atoms with Gasteiger partial charge in [-0.2, -0.15) is 0 Å². The lowest BCUT2D eigenvalue weighted by atomic mass is 10.2. The number of methoxy groups -OCH3 is 1. The van der Waals surface area contributed by atoms with E-state index in [2.05, 4.69) is 10.1 Å². The molecule has 0 saturated heterocycles. The van der Waals surface area contributed by atoms with Gasteiger partial charge in [-0.15, -0.1) is 0 Å². The number of amides is 2. The topological polar surface area (TPSA) is 58.6 Å². The third-order valence-electron chi connectivity index (χ3n) is 1.97. The van der Waals surface area contributed by atoms with Gasteiger partial charge in [0.2, 0.25) is 0 Å². The number of rotatable bonds is 6. The lowest BCUT2D eigenvalue weighted by molar-refractivity contribution is -0.140. The molecule has 15 heavy (non-hydrogen) atoms. The van der Waals surface area contributed by atoms with Gasteiger partial charge in [-0.3, -0.25) is 4.79 Å². The van der Waals surface area contributed by atoms with Gasteiger partial charge >= 0.3 is 12.0 Å². The first kappa shape index (κ1) is 13.7. The van der Waals surface area contributed by atoms with E-state index in [1.165, 1.54) is 12.0 Å². The van der Waals surface area contributed by atoms with Gasteiger partial charge in [0.05, 0.1) is 7.11 Å². The first-order valence-electron chi connectivity index (χ1n) is 5.10. The molecule has 0 radical (unpaired) electrons. The zero-order valence-electron chi connectivity index (χ0n) is 9.71. The zero-order valence-corrected chi connectivity index (χ0v) is 9.71. The summed E-state index contributed by atoms with van der Waals surface area (Å²) in [6.45, 7) is 0.651. The minimum Gasteiger partial charge on any atom is -0.469 e. The Morgan fingerprint density at radius 3 is 2.40 bits per heavy atom. The molecule has 5 nitrogen and oxygen atoms in total. The van der Waals surface area contributed by atoms with Gasteiger partial charge in [-0.05, 0) is 12.8 Å². The number of carbonyl (C=O) groups excluding carboxylic acids is 2. The molecule has 0 aromatic rings. The SMILES string of the molecule is COC(=O)CCCCCNC(=O)N(C)C. The van der Waals surface area contributed by atoms with Crippen LogP contribution in [0.4, 0.5) is 4.79 Å². The second-order valence-corrected chi connectivity index (χ2v) is 3.51. The average Bonchev–Trinajstić information content (AvgIpc) is 2.22. The third-order valence-corrected chi connectivity index (χ3v) is 1.97. The summed E-state index contributed by atoms with van der Waals surface area (Å²) in [6, 6.07) is -0.0806. The van der Waals surface area contributed by atoms with Crippen molar-refractivity contribution in [1.29, 1.82) is 0 Å². The Bertz CT molecular complexity index is 205. The average molecular weight is 216 g/mol. The lowest BCUT2D eigenvalue weighted by Crippen LogP contribution is -2.34. The van der Waals surface area contributed by atoms with Crippen molar-refractivity contribution in [2.45, 2.75) is 25.7 Å². The van der Waals surface area contributed by atoms with Crippen LogP contribution in [0, 0.1) is 0 Å².